The van der Waals surface area contributed by atoms with E-state index in [0.717, 1.165) is 12.0 Å². The van der Waals surface area contributed by atoms with E-state index < -0.39 is 11.9 Å². The van der Waals surface area contributed by atoms with Gasteiger partial charge in [-0.1, -0.05) is 24.3 Å². The fourth-order valence-electron chi connectivity index (χ4n) is 3.18. The van der Waals surface area contributed by atoms with Crippen LogP contribution in [0.2, 0.25) is 0 Å². The topological polar surface area (TPSA) is 88.1 Å². The van der Waals surface area contributed by atoms with Crippen molar-refractivity contribution in [3.63, 3.8) is 0 Å². The molecule has 188 valence electrons. The number of carbonyl (C=O) groups is 3. The number of aryl methyl sites for hydroxylation is 1. The third-order valence-corrected chi connectivity index (χ3v) is 5.29. The second-order valence-electron chi connectivity index (χ2n) is 8.41. The van der Waals surface area contributed by atoms with Crippen LogP contribution in [0.25, 0.3) is 0 Å². The Morgan fingerprint density at radius 1 is 0.778 bits per heavy atom. The first-order valence-corrected chi connectivity index (χ1v) is 11.8. The maximum absolute atomic E-state index is 12.5. The number of hydrogen-bond acceptors (Lipinski definition) is 7. The van der Waals surface area contributed by atoms with Gasteiger partial charge >= 0.3 is 17.9 Å². The van der Waals surface area contributed by atoms with Crippen LogP contribution >= 0.6 is 0 Å². The molecule has 0 radical (unpaired) electrons. The molecule has 0 fully saturated rings. The van der Waals surface area contributed by atoms with Gasteiger partial charge in [-0.15, -0.1) is 0 Å². The van der Waals surface area contributed by atoms with Gasteiger partial charge in [0.15, 0.2) is 0 Å². The molecule has 2 aromatic carbocycles. The predicted molar refractivity (Wildman–Crippen MR) is 134 cm³/mol. The molecule has 1 aliphatic rings. The minimum atomic E-state index is -0.472. The Morgan fingerprint density at radius 3 is 1.78 bits per heavy atom. The van der Waals surface area contributed by atoms with Crippen molar-refractivity contribution >= 4 is 17.9 Å². The molecule has 0 saturated heterocycles. The summed E-state index contributed by atoms with van der Waals surface area (Å²) in [5, 5.41) is 0. The summed E-state index contributed by atoms with van der Waals surface area (Å²) in [5.74, 6) is 0.383. The fraction of sp³-hybridized carbons (Fsp3) is 0.276. The van der Waals surface area contributed by atoms with Crippen molar-refractivity contribution in [2.24, 2.45) is 0 Å². The summed E-state index contributed by atoms with van der Waals surface area (Å²) in [6.07, 6.45) is 5.59. The number of hydrogen-bond donors (Lipinski definition) is 0. The molecule has 0 heterocycles. The van der Waals surface area contributed by atoms with Crippen LogP contribution in [0, 0.1) is 6.92 Å². The molecule has 0 aliphatic heterocycles. The lowest BCUT2D eigenvalue weighted by molar-refractivity contribution is -0.139. The molecule has 7 nitrogen and oxygen atoms in total. The molecular weight excluding hydrogens is 460 g/mol. The Balaban J connectivity index is 1.41. The Bertz CT molecular complexity index is 1160. The van der Waals surface area contributed by atoms with E-state index in [2.05, 4.69) is 6.58 Å². The quantitative estimate of drug-likeness (QED) is 0.169. The second kappa shape index (κ2) is 13.1. The van der Waals surface area contributed by atoms with E-state index in [-0.39, 0.29) is 5.97 Å². The summed E-state index contributed by atoms with van der Waals surface area (Å²) in [7, 11) is 0. The minimum Gasteiger partial charge on any atom is -0.494 e. The molecule has 0 bridgehead atoms. The van der Waals surface area contributed by atoms with Gasteiger partial charge in [-0.2, -0.15) is 0 Å². The summed E-state index contributed by atoms with van der Waals surface area (Å²) >= 11 is 0. The van der Waals surface area contributed by atoms with Gasteiger partial charge < -0.3 is 18.9 Å². The average Bonchev–Trinajstić information content (AvgIpc) is 2.87. The van der Waals surface area contributed by atoms with Crippen molar-refractivity contribution in [1.29, 1.82) is 0 Å². The van der Waals surface area contributed by atoms with Gasteiger partial charge in [0, 0.05) is 18.4 Å². The fourth-order valence-corrected chi connectivity index (χ4v) is 3.18. The molecule has 1 aliphatic carbocycles. The predicted octanol–water partition coefficient (Wildman–Crippen LogP) is 5.85. The van der Waals surface area contributed by atoms with Crippen LogP contribution in [0.4, 0.5) is 0 Å². The van der Waals surface area contributed by atoms with Gasteiger partial charge in [0.25, 0.3) is 0 Å². The first-order chi connectivity index (χ1) is 17.3. The molecule has 0 atom stereocenters. The Kier molecular flexibility index (Phi) is 9.63. The lowest BCUT2D eigenvalue weighted by Gasteiger charge is -2.15. The van der Waals surface area contributed by atoms with Crippen LogP contribution in [0.5, 0.6) is 5.75 Å². The SMILES string of the molecule is C=C(C)C(=O)OCCCCOc1ccc(C(=O)OC2=CC=C(OC(=O)c3ccc(C)cc3)CC2)cc1. The largest absolute Gasteiger partial charge is 0.494 e. The first-order valence-electron chi connectivity index (χ1n) is 11.8. The molecule has 0 N–H and O–H groups in total. The van der Waals surface area contributed by atoms with Crippen molar-refractivity contribution in [2.75, 3.05) is 13.2 Å². The Hall–Kier alpha value is -4.13. The lowest BCUT2D eigenvalue weighted by atomic mass is 10.1. The van der Waals surface area contributed by atoms with Crippen LogP contribution in [-0.4, -0.2) is 31.1 Å². The van der Waals surface area contributed by atoms with Crippen LogP contribution in [-0.2, 0) is 19.0 Å². The third kappa shape index (κ3) is 8.27. The monoisotopic (exact) mass is 490 g/mol. The smallest absolute Gasteiger partial charge is 0.343 e. The molecule has 7 heteroatoms. The summed E-state index contributed by atoms with van der Waals surface area (Å²) in [6.45, 7) is 7.87. The minimum absolute atomic E-state index is 0.321. The summed E-state index contributed by atoms with van der Waals surface area (Å²) in [5.41, 5.74) is 2.33. The van der Waals surface area contributed by atoms with Crippen LogP contribution in [0.15, 0.2) is 84.4 Å². The third-order valence-electron chi connectivity index (χ3n) is 5.29. The number of ether oxygens (including phenoxy) is 4. The molecule has 0 aromatic heterocycles. The highest BCUT2D eigenvalue weighted by molar-refractivity contribution is 5.91. The molecule has 0 spiro atoms. The van der Waals surface area contributed by atoms with Crippen molar-refractivity contribution < 1.29 is 33.3 Å². The zero-order valence-electron chi connectivity index (χ0n) is 20.6. The zero-order chi connectivity index (χ0) is 25.9. The number of allylic oxidation sites excluding steroid dienone is 4. The number of unbranched alkanes of at least 4 members (excludes halogenated alkanes) is 1. The molecule has 0 unspecified atom stereocenters. The van der Waals surface area contributed by atoms with E-state index in [9.17, 15) is 14.4 Å². The van der Waals surface area contributed by atoms with E-state index >= 15 is 0 Å². The standard InChI is InChI=1S/C29H30O7/c1-20(2)27(30)34-19-5-4-18-33-24-12-10-23(11-13-24)29(32)36-26-16-14-25(15-17-26)35-28(31)22-8-6-21(3)7-9-22/h6-14,16H,1,4-5,15,17-19H2,2-3H3. The van der Waals surface area contributed by atoms with E-state index in [0.29, 0.717) is 66.4 Å². The maximum atomic E-state index is 12.5. The number of benzene rings is 2. The Labute approximate surface area is 211 Å². The van der Waals surface area contributed by atoms with E-state index in [4.69, 9.17) is 18.9 Å². The second-order valence-corrected chi connectivity index (χ2v) is 8.41. The van der Waals surface area contributed by atoms with Gasteiger partial charge in [0.2, 0.25) is 0 Å². The molecule has 0 saturated carbocycles. The van der Waals surface area contributed by atoms with Gasteiger partial charge in [0.05, 0.1) is 24.3 Å². The molecule has 3 rings (SSSR count). The van der Waals surface area contributed by atoms with Crippen molar-refractivity contribution in [1.82, 2.24) is 0 Å². The normalized spacial score (nSPS) is 12.6. The highest BCUT2D eigenvalue weighted by Crippen LogP contribution is 2.23. The lowest BCUT2D eigenvalue weighted by Crippen LogP contribution is -2.10. The van der Waals surface area contributed by atoms with E-state index in [1.807, 2.05) is 19.1 Å². The Morgan fingerprint density at radius 2 is 1.28 bits per heavy atom. The molecule has 0 amide bonds. The van der Waals surface area contributed by atoms with E-state index in [1.54, 1.807) is 55.5 Å². The highest BCUT2D eigenvalue weighted by atomic mass is 16.5. The summed E-state index contributed by atoms with van der Waals surface area (Å²) in [6, 6.07) is 13.9. The van der Waals surface area contributed by atoms with Crippen molar-refractivity contribution in [2.45, 2.75) is 39.5 Å². The maximum Gasteiger partial charge on any atom is 0.343 e. The van der Waals surface area contributed by atoms with E-state index in [1.165, 1.54) is 0 Å². The number of carbonyl (C=O) groups excluding carboxylic acids is 3. The summed E-state index contributed by atoms with van der Waals surface area (Å²) < 4.78 is 21.6. The molecule has 36 heavy (non-hydrogen) atoms. The van der Waals surface area contributed by atoms with Crippen LogP contribution in [0.1, 0.15) is 58.9 Å². The summed E-state index contributed by atoms with van der Waals surface area (Å²) in [4.78, 5) is 36.0. The molecule has 2 aromatic rings. The van der Waals surface area contributed by atoms with Crippen LogP contribution < -0.4 is 4.74 Å². The van der Waals surface area contributed by atoms with Crippen molar-refractivity contribution in [3.05, 3.63) is 101 Å². The zero-order valence-corrected chi connectivity index (χ0v) is 20.6. The van der Waals surface area contributed by atoms with Crippen LogP contribution in [0.3, 0.4) is 0 Å². The highest BCUT2D eigenvalue weighted by Gasteiger charge is 2.17. The van der Waals surface area contributed by atoms with Gasteiger partial charge in [-0.3, -0.25) is 0 Å². The molecular formula is C29H30O7. The van der Waals surface area contributed by atoms with Gasteiger partial charge in [0.1, 0.15) is 17.3 Å². The number of esters is 3. The van der Waals surface area contributed by atoms with Gasteiger partial charge in [-0.25, -0.2) is 14.4 Å². The number of rotatable bonds is 11. The average molecular weight is 491 g/mol. The first kappa shape index (κ1) is 26.5. The van der Waals surface area contributed by atoms with Crippen molar-refractivity contribution in [3.8, 4) is 5.75 Å². The van der Waals surface area contributed by atoms with Gasteiger partial charge in [-0.05, 0) is 75.2 Å².